The van der Waals surface area contributed by atoms with Gasteiger partial charge in [0.15, 0.2) is 0 Å². The zero-order valence-electron chi connectivity index (χ0n) is 10.8. The summed E-state index contributed by atoms with van der Waals surface area (Å²) in [5, 5.41) is 5.90. The Morgan fingerprint density at radius 3 is 2.84 bits per heavy atom. The number of carbonyl (C=O) groups excluding carboxylic acids is 1. The van der Waals surface area contributed by atoms with Crippen molar-refractivity contribution in [1.29, 1.82) is 0 Å². The molecule has 0 saturated carbocycles. The molecule has 2 aromatic rings. The van der Waals surface area contributed by atoms with Gasteiger partial charge in [0, 0.05) is 25.1 Å². The predicted molar refractivity (Wildman–Crippen MR) is 73.6 cm³/mol. The maximum atomic E-state index is 11.4. The van der Waals surface area contributed by atoms with E-state index in [-0.39, 0.29) is 5.91 Å². The predicted octanol–water partition coefficient (Wildman–Crippen LogP) is 1.38. The molecule has 1 heterocycles. The van der Waals surface area contributed by atoms with Crippen LogP contribution in [0.5, 0.6) is 0 Å². The van der Waals surface area contributed by atoms with Crippen LogP contribution in [0.4, 0.5) is 5.69 Å². The highest BCUT2D eigenvalue weighted by molar-refractivity contribution is 5.80. The van der Waals surface area contributed by atoms with Gasteiger partial charge in [0.2, 0.25) is 5.91 Å². The minimum atomic E-state index is -0.00578. The van der Waals surface area contributed by atoms with Gasteiger partial charge in [-0.05, 0) is 11.6 Å². The van der Waals surface area contributed by atoms with Crippen LogP contribution in [0.2, 0.25) is 0 Å². The zero-order chi connectivity index (χ0) is 13.5. The molecule has 2 rings (SSSR count). The molecule has 5 heteroatoms. The second-order valence-electron chi connectivity index (χ2n) is 4.06. The highest BCUT2D eigenvalue weighted by Crippen LogP contribution is 2.16. The molecule has 0 aliphatic rings. The number of nitrogens with one attached hydrogen (secondary N) is 2. The summed E-state index contributed by atoms with van der Waals surface area (Å²) in [7, 11) is 1.64. The van der Waals surface area contributed by atoms with Crippen LogP contribution in [0, 0.1) is 0 Å². The molecule has 0 radical (unpaired) electrons. The van der Waals surface area contributed by atoms with Gasteiger partial charge in [0.1, 0.15) is 0 Å². The Bertz CT molecular complexity index is 542. The van der Waals surface area contributed by atoms with Crippen LogP contribution >= 0.6 is 0 Å². The maximum absolute atomic E-state index is 11.4. The molecule has 19 heavy (non-hydrogen) atoms. The average molecular weight is 256 g/mol. The third-order valence-electron chi connectivity index (χ3n) is 2.72. The molecule has 0 aliphatic carbocycles. The lowest BCUT2D eigenvalue weighted by Crippen LogP contribution is -2.20. The SMILES string of the molecule is CNC(=O)Cc1ccccc1NCc1cnccn1. The number of rotatable bonds is 5. The van der Waals surface area contributed by atoms with E-state index in [1.54, 1.807) is 25.6 Å². The highest BCUT2D eigenvalue weighted by Gasteiger charge is 2.06. The molecule has 0 spiro atoms. The molecule has 5 nitrogen and oxygen atoms in total. The number of benzene rings is 1. The van der Waals surface area contributed by atoms with Gasteiger partial charge in [-0.2, -0.15) is 0 Å². The quantitative estimate of drug-likeness (QED) is 0.848. The van der Waals surface area contributed by atoms with Crippen molar-refractivity contribution in [3.8, 4) is 0 Å². The maximum Gasteiger partial charge on any atom is 0.224 e. The molecule has 0 fully saturated rings. The first kappa shape index (κ1) is 13.0. The Labute approximate surface area is 112 Å². The first-order chi connectivity index (χ1) is 9.29. The molecule has 1 aromatic carbocycles. The summed E-state index contributed by atoms with van der Waals surface area (Å²) in [5.74, 6) is -0.00578. The molecule has 2 N–H and O–H groups in total. The van der Waals surface area contributed by atoms with E-state index in [1.165, 1.54) is 0 Å². The Kier molecular flexibility index (Phi) is 4.44. The third-order valence-corrected chi connectivity index (χ3v) is 2.72. The minimum Gasteiger partial charge on any atom is -0.379 e. The summed E-state index contributed by atoms with van der Waals surface area (Å²) >= 11 is 0. The summed E-state index contributed by atoms with van der Waals surface area (Å²) in [4.78, 5) is 19.7. The molecular formula is C14H16N4O. The lowest BCUT2D eigenvalue weighted by atomic mass is 10.1. The van der Waals surface area contributed by atoms with Gasteiger partial charge in [-0.15, -0.1) is 0 Å². The fraction of sp³-hybridized carbons (Fsp3) is 0.214. The van der Waals surface area contributed by atoms with Crippen molar-refractivity contribution in [1.82, 2.24) is 15.3 Å². The molecule has 1 amide bonds. The standard InChI is InChI=1S/C14H16N4O/c1-15-14(19)8-11-4-2-3-5-13(11)18-10-12-9-16-6-7-17-12/h2-7,9,18H,8,10H2,1H3,(H,15,19). The second kappa shape index (κ2) is 6.49. The molecule has 0 bridgehead atoms. The fourth-order valence-corrected chi connectivity index (χ4v) is 1.72. The topological polar surface area (TPSA) is 66.9 Å². The van der Waals surface area contributed by atoms with Crippen molar-refractivity contribution < 1.29 is 4.79 Å². The summed E-state index contributed by atoms with van der Waals surface area (Å²) in [6.45, 7) is 0.582. The van der Waals surface area contributed by atoms with Gasteiger partial charge in [-0.1, -0.05) is 18.2 Å². The van der Waals surface area contributed by atoms with Crippen molar-refractivity contribution in [3.63, 3.8) is 0 Å². The zero-order valence-corrected chi connectivity index (χ0v) is 10.8. The average Bonchev–Trinajstić information content (AvgIpc) is 2.47. The van der Waals surface area contributed by atoms with Gasteiger partial charge in [-0.3, -0.25) is 14.8 Å². The van der Waals surface area contributed by atoms with Crippen molar-refractivity contribution in [2.75, 3.05) is 12.4 Å². The van der Waals surface area contributed by atoms with Crippen molar-refractivity contribution in [3.05, 3.63) is 54.1 Å². The van der Waals surface area contributed by atoms with E-state index in [0.717, 1.165) is 16.9 Å². The van der Waals surface area contributed by atoms with E-state index in [1.807, 2.05) is 24.3 Å². The molecule has 98 valence electrons. The molecule has 1 aromatic heterocycles. The van der Waals surface area contributed by atoms with Crippen molar-refractivity contribution in [2.45, 2.75) is 13.0 Å². The largest absolute Gasteiger partial charge is 0.379 e. The number of likely N-dealkylation sites (N-methyl/N-ethyl adjacent to an activating group) is 1. The lowest BCUT2D eigenvalue weighted by molar-refractivity contribution is -0.119. The number of anilines is 1. The Hall–Kier alpha value is -2.43. The van der Waals surface area contributed by atoms with Crippen LogP contribution < -0.4 is 10.6 Å². The molecular weight excluding hydrogens is 240 g/mol. The first-order valence-electron chi connectivity index (χ1n) is 6.07. The Morgan fingerprint density at radius 2 is 2.11 bits per heavy atom. The second-order valence-corrected chi connectivity index (χ2v) is 4.06. The lowest BCUT2D eigenvalue weighted by Gasteiger charge is -2.11. The Balaban J connectivity index is 2.05. The van der Waals surface area contributed by atoms with E-state index >= 15 is 0 Å². The summed E-state index contributed by atoms with van der Waals surface area (Å²) in [5.41, 5.74) is 2.76. The van der Waals surface area contributed by atoms with Crippen LogP contribution in [0.25, 0.3) is 0 Å². The first-order valence-corrected chi connectivity index (χ1v) is 6.07. The van der Waals surface area contributed by atoms with E-state index < -0.39 is 0 Å². The highest BCUT2D eigenvalue weighted by atomic mass is 16.1. The monoisotopic (exact) mass is 256 g/mol. The number of hydrogen-bond acceptors (Lipinski definition) is 4. The smallest absolute Gasteiger partial charge is 0.224 e. The van der Waals surface area contributed by atoms with Crippen LogP contribution in [0.15, 0.2) is 42.9 Å². The number of carbonyl (C=O) groups is 1. The van der Waals surface area contributed by atoms with E-state index in [0.29, 0.717) is 13.0 Å². The van der Waals surface area contributed by atoms with Gasteiger partial charge in [-0.25, -0.2) is 0 Å². The number of amides is 1. The van der Waals surface area contributed by atoms with E-state index in [9.17, 15) is 4.79 Å². The van der Waals surface area contributed by atoms with E-state index in [2.05, 4.69) is 20.6 Å². The minimum absolute atomic E-state index is 0.00578. The number of para-hydroxylation sites is 1. The molecule has 0 saturated heterocycles. The Morgan fingerprint density at radius 1 is 1.26 bits per heavy atom. The van der Waals surface area contributed by atoms with Crippen LogP contribution in [0.3, 0.4) is 0 Å². The normalized spacial score (nSPS) is 9.95. The summed E-state index contributed by atoms with van der Waals surface area (Å²) in [6, 6.07) is 7.75. The fourth-order valence-electron chi connectivity index (χ4n) is 1.72. The summed E-state index contributed by atoms with van der Waals surface area (Å²) < 4.78 is 0. The van der Waals surface area contributed by atoms with Crippen molar-refractivity contribution >= 4 is 11.6 Å². The third kappa shape index (κ3) is 3.77. The summed E-state index contributed by atoms with van der Waals surface area (Å²) in [6.07, 6.45) is 5.38. The van der Waals surface area contributed by atoms with Gasteiger partial charge in [0.25, 0.3) is 0 Å². The number of hydrogen-bond donors (Lipinski definition) is 2. The van der Waals surface area contributed by atoms with Gasteiger partial charge >= 0.3 is 0 Å². The van der Waals surface area contributed by atoms with Crippen LogP contribution in [0.1, 0.15) is 11.3 Å². The molecule has 0 unspecified atom stereocenters. The molecule has 0 aliphatic heterocycles. The van der Waals surface area contributed by atoms with Gasteiger partial charge < -0.3 is 10.6 Å². The molecule has 0 atom stereocenters. The number of aromatic nitrogens is 2. The van der Waals surface area contributed by atoms with Gasteiger partial charge in [0.05, 0.1) is 24.9 Å². The van der Waals surface area contributed by atoms with Crippen LogP contribution in [-0.4, -0.2) is 22.9 Å². The van der Waals surface area contributed by atoms with Crippen molar-refractivity contribution in [2.24, 2.45) is 0 Å². The van der Waals surface area contributed by atoms with E-state index in [4.69, 9.17) is 0 Å². The van der Waals surface area contributed by atoms with Crippen LogP contribution in [-0.2, 0) is 17.8 Å². The number of nitrogens with zero attached hydrogens (tertiary/aromatic N) is 2.